The lowest BCUT2D eigenvalue weighted by Crippen LogP contribution is -2.53. The fourth-order valence-corrected chi connectivity index (χ4v) is 10.6. The van der Waals surface area contributed by atoms with E-state index >= 15 is 0 Å². The van der Waals surface area contributed by atoms with Gasteiger partial charge in [-0.05, 0) is 61.9 Å². The average Bonchev–Trinajstić information content (AvgIpc) is 4.07. The first kappa shape index (κ1) is 51.4. The number of likely N-dealkylation sites (N-methyl/N-ethyl adjacent to an activating group) is 1. The van der Waals surface area contributed by atoms with Gasteiger partial charge in [-0.1, -0.05) is 19.1 Å². The molecule has 2 aromatic rings. The number of hydrazine groups is 2. The number of fused-ring (bicyclic) bond motifs is 1. The van der Waals surface area contributed by atoms with E-state index in [4.69, 9.17) is 18.9 Å². The van der Waals surface area contributed by atoms with E-state index in [1.54, 1.807) is 23.9 Å². The second-order valence-corrected chi connectivity index (χ2v) is 20.2. The van der Waals surface area contributed by atoms with Gasteiger partial charge >= 0.3 is 12.1 Å². The van der Waals surface area contributed by atoms with Crippen LogP contribution in [-0.2, 0) is 35.0 Å². The van der Waals surface area contributed by atoms with E-state index in [1.165, 1.54) is 11.8 Å². The van der Waals surface area contributed by atoms with Gasteiger partial charge in [-0.25, -0.2) is 20.0 Å². The summed E-state index contributed by atoms with van der Waals surface area (Å²) in [6.45, 7) is 12.0. The number of rotatable bonds is 24. The molecule has 7 amide bonds. The molecule has 2 aromatic carbocycles. The lowest BCUT2D eigenvalue weighted by atomic mass is 10.0. The molecule has 21 nitrogen and oxygen atoms in total. The molecule has 23 heteroatoms. The summed E-state index contributed by atoms with van der Waals surface area (Å²) in [6, 6.07) is 12.2. The fraction of sp³-hybridized carbons (Fsp3) is 0.622. The molecule has 0 radical (unpaired) electrons. The Morgan fingerprint density at radius 2 is 1.71 bits per heavy atom. The predicted octanol–water partition coefficient (Wildman–Crippen LogP) is 1.22. The minimum Gasteiger partial charge on any atom is -0.492 e. The van der Waals surface area contributed by atoms with Crippen molar-refractivity contribution in [3.05, 3.63) is 53.6 Å². The molecule has 5 unspecified atom stereocenters. The van der Waals surface area contributed by atoms with Crippen LogP contribution in [0.2, 0.25) is 0 Å². The highest BCUT2D eigenvalue weighted by atomic mass is 32.2. The van der Waals surface area contributed by atoms with Crippen LogP contribution < -0.4 is 52.9 Å². The Labute approximate surface area is 406 Å². The smallest absolute Gasteiger partial charge is 0.321 e. The number of nitrogens with zero attached hydrogens (tertiary/aromatic N) is 3. The topological polar surface area (TPSA) is 240 Å². The van der Waals surface area contributed by atoms with Crippen LogP contribution in [0, 0.1) is 5.92 Å². The van der Waals surface area contributed by atoms with Gasteiger partial charge in [0.05, 0.1) is 62.2 Å². The number of nitrogens with one attached hydrogen (secondary N) is 9. The van der Waals surface area contributed by atoms with Crippen LogP contribution in [0.5, 0.6) is 5.75 Å². The van der Waals surface area contributed by atoms with Crippen LogP contribution in [0.25, 0.3) is 0 Å². The molecule has 7 rings (SSSR count). The Morgan fingerprint density at radius 3 is 2.50 bits per heavy atom. The van der Waals surface area contributed by atoms with Gasteiger partial charge in [-0.2, -0.15) is 5.53 Å². The van der Waals surface area contributed by atoms with E-state index in [-0.39, 0.29) is 64.7 Å². The normalized spacial score (nSPS) is 23.8. The molecule has 0 spiro atoms. The first-order valence-electron chi connectivity index (χ1n) is 23.5. The molecular formula is C45H68N12O9S2. The Hall–Kier alpha value is -4.43. The van der Waals surface area contributed by atoms with E-state index < -0.39 is 5.25 Å². The zero-order chi connectivity index (χ0) is 47.8. The highest BCUT2D eigenvalue weighted by molar-refractivity contribution is 8.01. The summed E-state index contributed by atoms with van der Waals surface area (Å²) in [5.74, 6) is 1.55. The van der Waals surface area contributed by atoms with Crippen LogP contribution in [0.1, 0.15) is 43.9 Å². The monoisotopic (exact) mass is 984 g/mol. The van der Waals surface area contributed by atoms with Crippen molar-refractivity contribution in [2.24, 2.45) is 5.92 Å². The molecule has 68 heavy (non-hydrogen) atoms. The van der Waals surface area contributed by atoms with Gasteiger partial charge in [-0.15, -0.1) is 23.5 Å². The maximum Gasteiger partial charge on any atom is 0.321 e. The Balaban J connectivity index is 0.700. The minimum atomic E-state index is -0.465. The summed E-state index contributed by atoms with van der Waals surface area (Å²) in [7, 11) is 2.07. The number of amides is 7. The third-order valence-electron chi connectivity index (χ3n) is 12.2. The van der Waals surface area contributed by atoms with Gasteiger partial charge in [0.2, 0.25) is 17.7 Å². The molecule has 7 atom stereocenters. The van der Waals surface area contributed by atoms with Gasteiger partial charge in [0.25, 0.3) is 0 Å². The molecule has 374 valence electrons. The second kappa shape index (κ2) is 26.0. The molecule has 5 aliphatic rings. The van der Waals surface area contributed by atoms with Gasteiger partial charge in [0, 0.05) is 87.9 Å². The quantitative estimate of drug-likeness (QED) is 0.0673. The molecule has 0 bridgehead atoms. The van der Waals surface area contributed by atoms with Crippen molar-refractivity contribution < 1.29 is 42.9 Å². The molecule has 5 heterocycles. The number of hydrogen-bond donors (Lipinski definition) is 9. The first-order valence-corrected chi connectivity index (χ1v) is 25.5. The van der Waals surface area contributed by atoms with Crippen molar-refractivity contribution in [3.8, 4) is 5.75 Å². The van der Waals surface area contributed by atoms with Gasteiger partial charge in [-0.3, -0.25) is 19.7 Å². The second-order valence-electron chi connectivity index (χ2n) is 17.7. The SMILES string of the molecule is CC1CNC(=O)NC1S[C@@H](CCOCCOCCOCC1CN(CCOc2ccc(NC(=O)NC3NC(CC(=O)N4CCN(C)CC4)CS3)cc2)NN1)C(=O)N[C@H](C)c1ccc2c(c1)CC(=O)N2. The Bertz CT molecular complexity index is 2000. The zero-order valence-electron chi connectivity index (χ0n) is 39.1. The van der Waals surface area contributed by atoms with Crippen LogP contribution in [-0.4, -0.2) is 178 Å². The summed E-state index contributed by atoms with van der Waals surface area (Å²) in [6.07, 6.45) is 1.20. The van der Waals surface area contributed by atoms with Crippen molar-refractivity contribution in [1.82, 2.24) is 52.4 Å². The maximum atomic E-state index is 13.6. The first-order chi connectivity index (χ1) is 32.9. The molecule has 0 aromatic heterocycles. The van der Waals surface area contributed by atoms with Gasteiger partial charge in [0.15, 0.2) is 0 Å². The average molecular weight is 985 g/mol. The molecule has 4 fully saturated rings. The van der Waals surface area contributed by atoms with E-state index in [0.29, 0.717) is 90.0 Å². The number of urea groups is 2. The van der Waals surface area contributed by atoms with E-state index in [0.717, 1.165) is 55.3 Å². The number of hydrogen-bond acceptors (Lipinski definition) is 16. The number of ether oxygens (including phenoxy) is 4. The molecule has 5 aliphatic heterocycles. The summed E-state index contributed by atoms with van der Waals surface area (Å²) < 4.78 is 23.4. The third-order valence-corrected chi connectivity index (χ3v) is 15.0. The van der Waals surface area contributed by atoms with Crippen molar-refractivity contribution in [2.75, 3.05) is 115 Å². The number of piperazine rings is 1. The molecular weight excluding hydrogens is 917 g/mol. The highest BCUT2D eigenvalue weighted by Crippen LogP contribution is 2.29. The van der Waals surface area contributed by atoms with Crippen molar-refractivity contribution in [2.45, 2.75) is 67.4 Å². The minimum absolute atomic E-state index is 0.0202. The molecule has 0 aliphatic carbocycles. The number of carbonyl (C=O) groups excluding carboxylic acids is 5. The Kier molecular flexibility index (Phi) is 19.6. The zero-order valence-corrected chi connectivity index (χ0v) is 40.8. The lowest BCUT2D eigenvalue weighted by molar-refractivity contribution is -0.133. The maximum absolute atomic E-state index is 13.6. The van der Waals surface area contributed by atoms with Crippen molar-refractivity contribution >= 4 is 64.7 Å². The number of carbonyl (C=O) groups is 5. The molecule has 9 N–H and O–H groups in total. The van der Waals surface area contributed by atoms with Crippen LogP contribution in [0.3, 0.4) is 0 Å². The van der Waals surface area contributed by atoms with Crippen LogP contribution in [0.4, 0.5) is 21.0 Å². The molecule has 0 saturated carbocycles. The largest absolute Gasteiger partial charge is 0.492 e. The summed E-state index contributed by atoms with van der Waals surface area (Å²) in [5.41, 5.74) is 9.40. The lowest BCUT2D eigenvalue weighted by Gasteiger charge is -2.33. The number of thioether (sulfide) groups is 2. The standard InChI is InChI=1S/C45H68N12O9S2/c1-29-25-46-43(61)51-42(29)68-38(41(60)47-30(2)31-4-9-37-32(22-31)23-39(58)50-37)10-16-63-18-19-64-20-21-65-27-35-26-57(54-53-35)15-17-66-36-7-5-33(6-8-36)48-44(62)52-45-49-34(28-67-45)24-40(59)56-13-11-55(3)12-14-56/h4-9,22,29-30,34-35,38,42,45,49,53-54H,10-21,23-28H2,1-3H3,(H,47,60)(H,50,58)(H2,46,51,61)(H2,48,52,62)/t29?,30-,34?,35?,38+,42?,45?/m1/s1. The van der Waals surface area contributed by atoms with Gasteiger partial charge < -0.3 is 60.6 Å². The summed E-state index contributed by atoms with van der Waals surface area (Å²) >= 11 is 3.02. The van der Waals surface area contributed by atoms with Gasteiger partial charge in [0.1, 0.15) is 17.9 Å². The van der Waals surface area contributed by atoms with Crippen LogP contribution >= 0.6 is 23.5 Å². The number of anilines is 2. The highest BCUT2D eigenvalue weighted by Gasteiger charge is 2.33. The van der Waals surface area contributed by atoms with Crippen molar-refractivity contribution in [3.63, 3.8) is 0 Å². The fourth-order valence-electron chi connectivity index (χ4n) is 8.15. The Morgan fingerprint density at radius 1 is 0.941 bits per heavy atom. The summed E-state index contributed by atoms with van der Waals surface area (Å²) in [4.78, 5) is 67.1. The van der Waals surface area contributed by atoms with Crippen LogP contribution in [0.15, 0.2) is 42.5 Å². The number of benzene rings is 2. The van der Waals surface area contributed by atoms with Crippen molar-refractivity contribution in [1.29, 1.82) is 0 Å². The van der Waals surface area contributed by atoms with E-state index in [1.807, 2.05) is 54.1 Å². The summed E-state index contributed by atoms with van der Waals surface area (Å²) in [5, 5.41) is 22.2. The van der Waals surface area contributed by atoms with E-state index in [2.05, 4.69) is 60.1 Å². The predicted molar refractivity (Wildman–Crippen MR) is 261 cm³/mol. The van der Waals surface area contributed by atoms with E-state index in [9.17, 15) is 24.0 Å². The third kappa shape index (κ3) is 16.1. The molecule has 4 saturated heterocycles.